The smallest absolute Gasteiger partial charge is 0.238 e. The number of para-hydroxylation sites is 1. The van der Waals surface area contributed by atoms with Crippen molar-refractivity contribution in [2.24, 2.45) is 0 Å². The van der Waals surface area contributed by atoms with Gasteiger partial charge in [-0.1, -0.05) is 17.3 Å². The number of benzene rings is 1. The highest BCUT2D eigenvalue weighted by atomic mass is 32.2. The zero-order chi connectivity index (χ0) is 14.8. The molecule has 6 nitrogen and oxygen atoms in total. The third-order valence-electron chi connectivity index (χ3n) is 2.97. The Kier molecular flexibility index (Phi) is 3.66. The van der Waals surface area contributed by atoms with Gasteiger partial charge in [0.15, 0.2) is 5.82 Å². The largest absolute Gasteiger partial charge is 0.360 e. The highest BCUT2D eigenvalue weighted by Gasteiger charge is 2.28. The number of fused-ring (bicyclic) bond motifs is 1. The molecule has 7 heteroatoms. The van der Waals surface area contributed by atoms with Crippen LogP contribution in [-0.2, 0) is 9.59 Å². The highest BCUT2D eigenvalue weighted by molar-refractivity contribution is 8.01. The SMILES string of the molecule is Cc1cc(NC(=O)C[C@H]2Sc3ccccc3NC2=O)no1. The molecule has 1 atom stereocenters. The number of aryl methyl sites for hydroxylation is 1. The predicted molar refractivity (Wildman–Crippen MR) is 79.2 cm³/mol. The van der Waals surface area contributed by atoms with Gasteiger partial charge in [-0.2, -0.15) is 0 Å². The van der Waals surface area contributed by atoms with E-state index in [4.69, 9.17) is 4.52 Å². The number of hydrogen-bond acceptors (Lipinski definition) is 5. The van der Waals surface area contributed by atoms with Crippen molar-refractivity contribution in [3.8, 4) is 0 Å². The van der Waals surface area contributed by atoms with E-state index in [1.807, 2.05) is 24.3 Å². The maximum absolute atomic E-state index is 12.0. The Morgan fingerprint density at radius 2 is 2.29 bits per heavy atom. The maximum atomic E-state index is 12.0. The molecule has 0 radical (unpaired) electrons. The molecule has 2 N–H and O–H groups in total. The fourth-order valence-electron chi connectivity index (χ4n) is 2.01. The summed E-state index contributed by atoms with van der Waals surface area (Å²) < 4.78 is 4.87. The van der Waals surface area contributed by atoms with E-state index in [-0.39, 0.29) is 18.2 Å². The molecule has 2 heterocycles. The van der Waals surface area contributed by atoms with Gasteiger partial charge < -0.3 is 15.2 Å². The third kappa shape index (κ3) is 3.08. The summed E-state index contributed by atoms with van der Waals surface area (Å²) in [5, 5.41) is 8.67. The van der Waals surface area contributed by atoms with Crippen molar-refractivity contribution in [3.05, 3.63) is 36.1 Å². The Bertz CT molecular complexity index is 698. The first-order valence-electron chi connectivity index (χ1n) is 6.41. The molecule has 108 valence electrons. The van der Waals surface area contributed by atoms with Gasteiger partial charge in [-0.25, -0.2) is 0 Å². The van der Waals surface area contributed by atoms with Crippen LogP contribution >= 0.6 is 11.8 Å². The molecular weight excluding hydrogens is 290 g/mol. The van der Waals surface area contributed by atoms with Gasteiger partial charge in [0.1, 0.15) is 5.76 Å². The van der Waals surface area contributed by atoms with Crippen LogP contribution in [0.4, 0.5) is 11.5 Å². The molecule has 1 aliphatic rings. The number of thioether (sulfide) groups is 1. The van der Waals surface area contributed by atoms with Gasteiger partial charge in [0.05, 0.1) is 10.9 Å². The summed E-state index contributed by atoms with van der Waals surface area (Å²) in [6.45, 7) is 1.74. The summed E-state index contributed by atoms with van der Waals surface area (Å²) in [7, 11) is 0. The zero-order valence-electron chi connectivity index (χ0n) is 11.3. The van der Waals surface area contributed by atoms with Crippen molar-refractivity contribution in [1.82, 2.24) is 5.16 Å². The van der Waals surface area contributed by atoms with Gasteiger partial charge in [0, 0.05) is 17.4 Å². The van der Waals surface area contributed by atoms with Crippen molar-refractivity contribution in [3.63, 3.8) is 0 Å². The van der Waals surface area contributed by atoms with Crippen LogP contribution < -0.4 is 10.6 Å². The van der Waals surface area contributed by atoms with E-state index in [1.165, 1.54) is 11.8 Å². The number of nitrogens with zero attached hydrogens (tertiary/aromatic N) is 1. The number of carbonyl (C=O) groups is 2. The van der Waals surface area contributed by atoms with Crippen LogP contribution in [0.3, 0.4) is 0 Å². The van der Waals surface area contributed by atoms with Gasteiger partial charge in [0.2, 0.25) is 11.8 Å². The standard InChI is InChI=1S/C14H13N3O3S/c1-8-6-12(17-20-8)16-13(18)7-11-14(19)15-9-4-2-3-5-10(9)21-11/h2-6,11H,7H2,1H3,(H,15,19)(H,16,17,18)/t11-/m1/s1. The first-order valence-corrected chi connectivity index (χ1v) is 7.29. The van der Waals surface area contributed by atoms with E-state index in [2.05, 4.69) is 15.8 Å². The Labute approximate surface area is 125 Å². The summed E-state index contributed by atoms with van der Waals surface area (Å²) in [5.74, 6) is 0.545. The number of anilines is 2. The molecule has 2 amide bonds. The van der Waals surface area contributed by atoms with Crippen LogP contribution in [-0.4, -0.2) is 22.2 Å². The molecule has 0 spiro atoms. The second kappa shape index (κ2) is 5.61. The number of rotatable bonds is 3. The van der Waals surface area contributed by atoms with Gasteiger partial charge in [-0.05, 0) is 19.1 Å². The van der Waals surface area contributed by atoms with Crippen molar-refractivity contribution in [1.29, 1.82) is 0 Å². The molecule has 3 rings (SSSR count). The van der Waals surface area contributed by atoms with Gasteiger partial charge in [-0.15, -0.1) is 11.8 Å². The van der Waals surface area contributed by atoms with Crippen LogP contribution in [0.2, 0.25) is 0 Å². The summed E-state index contributed by atoms with van der Waals surface area (Å²) >= 11 is 1.39. The van der Waals surface area contributed by atoms with Crippen molar-refractivity contribution < 1.29 is 14.1 Å². The van der Waals surface area contributed by atoms with E-state index in [0.717, 1.165) is 10.6 Å². The fraction of sp³-hybridized carbons (Fsp3) is 0.214. The monoisotopic (exact) mass is 303 g/mol. The van der Waals surface area contributed by atoms with E-state index in [0.29, 0.717) is 11.6 Å². The molecule has 0 aliphatic carbocycles. The zero-order valence-corrected chi connectivity index (χ0v) is 12.1. The minimum atomic E-state index is -0.451. The lowest BCUT2D eigenvalue weighted by atomic mass is 10.2. The minimum Gasteiger partial charge on any atom is -0.360 e. The summed E-state index contributed by atoms with van der Waals surface area (Å²) in [4.78, 5) is 24.9. The normalized spacial score (nSPS) is 17.0. The number of nitrogens with one attached hydrogen (secondary N) is 2. The summed E-state index contributed by atoms with van der Waals surface area (Å²) in [6.07, 6.45) is 0.0801. The van der Waals surface area contributed by atoms with Crippen LogP contribution in [0.1, 0.15) is 12.2 Å². The first kappa shape index (κ1) is 13.7. The highest BCUT2D eigenvalue weighted by Crippen LogP contribution is 2.36. The molecule has 0 saturated carbocycles. The Morgan fingerprint density at radius 1 is 1.48 bits per heavy atom. The van der Waals surface area contributed by atoms with Crippen molar-refractivity contribution >= 4 is 35.1 Å². The Morgan fingerprint density at radius 3 is 3.05 bits per heavy atom. The van der Waals surface area contributed by atoms with Crippen molar-refractivity contribution in [2.45, 2.75) is 23.5 Å². The minimum absolute atomic E-state index is 0.0801. The first-order chi connectivity index (χ1) is 10.1. The number of aromatic nitrogens is 1. The molecular formula is C14H13N3O3S. The van der Waals surface area contributed by atoms with Crippen LogP contribution in [0.25, 0.3) is 0 Å². The fourth-order valence-corrected chi connectivity index (χ4v) is 3.12. The lowest BCUT2D eigenvalue weighted by molar-refractivity contribution is -0.120. The van der Waals surface area contributed by atoms with Crippen LogP contribution in [0.15, 0.2) is 39.8 Å². The predicted octanol–water partition coefficient (Wildman–Crippen LogP) is 2.42. The van der Waals surface area contributed by atoms with Crippen LogP contribution in [0, 0.1) is 6.92 Å². The van der Waals surface area contributed by atoms with E-state index in [9.17, 15) is 9.59 Å². The molecule has 0 saturated heterocycles. The number of hydrogen-bond donors (Lipinski definition) is 2. The molecule has 0 bridgehead atoms. The average molecular weight is 303 g/mol. The second-order valence-corrected chi connectivity index (χ2v) is 5.91. The van der Waals surface area contributed by atoms with Crippen LogP contribution in [0.5, 0.6) is 0 Å². The summed E-state index contributed by atoms with van der Waals surface area (Å²) in [6, 6.07) is 9.15. The van der Waals surface area contributed by atoms with Crippen molar-refractivity contribution in [2.75, 3.05) is 10.6 Å². The van der Waals surface area contributed by atoms with Gasteiger partial charge in [0.25, 0.3) is 0 Å². The molecule has 0 fully saturated rings. The lowest BCUT2D eigenvalue weighted by Crippen LogP contribution is -2.32. The molecule has 1 aliphatic heterocycles. The lowest BCUT2D eigenvalue weighted by Gasteiger charge is -2.23. The Balaban J connectivity index is 1.65. The van der Waals surface area contributed by atoms with E-state index < -0.39 is 5.25 Å². The molecule has 0 unspecified atom stereocenters. The molecule has 1 aromatic heterocycles. The quantitative estimate of drug-likeness (QED) is 0.909. The van der Waals surface area contributed by atoms with E-state index in [1.54, 1.807) is 13.0 Å². The topological polar surface area (TPSA) is 84.2 Å². The molecule has 2 aromatic rings. The summed E-state index contributed by atoms with van der Waals surface area (Å²) in [5.41, 5.74) is 0.788. The Hall–Kier alpha value is -2.28. The van der Waals surface area contributed by atoms with E-state index >= 15 is 0 Å². The molecule has 21 heavy (non-hydrogen) atoms. The molecule has 1 aromatic carbocycles. The average Bonchev–Trinajstić information content (AvgIpc) is 2.85. The third-order valence-corrected chi connectivity index (χ3v) is 4.25. The van der Waals surface area contributed by atoms with Gasteiger partial charge in [-0.3, -0.25) is 9.59 Å². The second-order valence-electron chi connectivity index (χ2n) is 4.67. The number of carbonyl (C=O) groups excluding carboxylic acids is 2. The van der Waals surface area contributed by atoms with Gasteiger partial charge >= 0.3 is 0 Å². The number of amides is 2. The maximum Gasteiger partial charge on any atom is 0.238 e.